The van der Waals surface area contributed by atoms with E-state index in [-0.39, 0.29) is 5.82 Å². The van der Waals surface area contributed by atoms with Crippen LogP contribution in [0.4, 0.5) is 20.3 Å². The number of pyridine rings is 1. The molecule has 2 aromatic carbocycles. The van der Waals surface area contributed by atoms with E-state index in [2.05, 4.69) is 4.98 Å². The lowest BCUT2D eigenvalue weighted by Gasteiger charge is -2.22. The molecule has 1 heterocycles. The Hall–Kier alpha value is -2.53. The van der Waals surface area contributed by atoms with Crippen molar-refractivity contribution in [2.75, 3.05) is 10.8 Å². The van der Waals surface area contributed by atoms with Gasteiger partial charge < -0.3 is 0 Å². The highest BCUT2D eigenvalue weighted by molar-refractivity contribution is 6.30. The number of fused-ring (bicyclic) bond motifs is 1. The number of amides is 1. The van der Waals surface area contributed by atoms with Gasteiger partial charge in [-0.15, -0.1) is 11.6 Å². The zero-order valence-corrected chi connectivity index (χ0v) is 13.5. The highest BCUT2D eigenvalue weighted by atomic mass is 35.5. The lowest BCUT2D eigenvalue weighted by molar-refractivity contribution is -0.115. The quantitative estimate of drug-likeness (QED) is 0.643. The lowest BCUT2D eigenvalue weighted by Crippen LogP contribution is -2.29. The first-order valence-electron chi connectivity index (χ1n) is 7.21. The molecule has 0 aliphatic carbocycles. The van der Waals surface area contributed by atoms with Crippen LogP contribution in [-0.2, 0) is 4.79 Å². The van der Waals surface area contributed by atoms with E-state index < -0.39 is 29.1 Å². The third-order valence-electron chi connectivity index (χ3n) is 3.58. The molecule has 0 spiro atoms. The third kappa shape index (κ3) is 2.95. The van der Waals surface area contributed by atoms with Gasteiger partial charge in [-0.25, -0.2) is 13.8 Å². The molecule has 0 radical (unpaired) electrons. The second-order valence-corrected chi connectivity index (χ2v) is 5.57. The topological polar surface area (TPSA) is 33.2 Å². The summed E-state index contributed by atoms with van der Waals surface area (Å²) < 4.78 is 28.3. The van der Waals surface area contributed by atoms with Gasteiger partial charge in [-0.05, 0) is 43.3 Å². The molecule has 0 saturated heterocycles. The van der Waals surface area contributed by atoms with Crippen molar-refractivity contribution in [1.29, 1.82) is 0 Å². The van der Waals surface area contributed by atoms with Crippen LogP contribution in [0.3, 0.4) is 0 Å². The van der Waals surface area contributed by atoms with Crippen molar-refractivity contribution < 1.29 is 13.6 Å². The van der Waals surface area contributed by atoms with E-state index in [9.17, 15) is 13.6 Å². The van der Waals surface area contributed by atoms with Gasteiger partial charge in [0.15, 0.2) is 0 Å². The minimum absolute atomic E-state index is 0.112. The van der Waals surface area contributed by atoms with Crippen molar-refractivity contribution in [1.82, 2.24) is 4.98 Å². The maximum atomic E-state index is 14.1. The molecular formula is C18H13ClF2N2O. The Morgan fingerprint density at radius 1 is 1.12 bits per heavy atom. The molecule has 0 N–H and O–H groups in total. The fraction of sp³-hybridized carbons (Fsp3) is 0.111. The summed E-state index contributed by atoms with van der Waals surface area (Å²) in [5.74, 6) is -2.71. The molecule has 6 heteroatoms. The van der Waals surface area contributed by atoms with Crippen LogP contribution in [0.2, 0.25) is 0 Å². The number of benzene rings is 2. The molecule has 24 heavy (non-hydrogen) atoms. The van der Waals surface area contributed by atoms with Crippen molar-refractivity contribution in [3.8, 4) is 0 Å². The zero-order chi connectivity index (χ0) is 17.3. The van der Waals surface area contributed by atoms with E-state index in [1.807, 2.05) is 19.1 Å². The summed E-state index contributed by atoms with van der Waals surface area (Å²) in [6.45, 7) is 1.95. The molecule has 0 aliphatic rings. The van der Waals surface area contributed by atoms with E-state index in [1.165, 1.54) is 12.1 Å². The SMILES string of the molecule is Cc1ccc2nc(N(C(=O)CCl)c3c(F)cccc3F)ccc2c1. The van der Waals surface area contributed by atoms with Crippen LogP contribution in [0.15, 0.2) is 48.5 Å². The number of carbonyl (C=O) groups excluding carboxylic acids is 1. The molecule has 0 fully saturated rings. The Bertz CT molecular complexity index is 910. The highest BCUT2D eigenvalue weighted by Gasteiger charge is 2.25. The Morgan fingerprint density at radius 2 is 1.83 bits per heavy atom. The number of aromatic nitrogens is 1. The maximum absolute atomic E-state index is 14.1. The van der Waals surface area contributed by atoms with Gasteiger partial charge in [-0.1, -0.05) is 17.7 Å². The normalized spacial score (nSPS) is 10.8. The van der Waals surface area contributed by atoms with E-state index in [1.54, 1.807) is 12.1 Å². The first-order chi connectivity index (χ1) is 11.5. The van der Waals surface area contributed by atoms with E-state index in [0.29, 0.717) is 5.52 Å². The Balaban J connectivity index is 2.20. The summed E-state index contributed by atoms with van der Waals surface area (Å²) >= 11 is 5.63. The molecule has 0 bridgehead atoms. The number of alkyl halides is 1. The van der Waals surface area contributed by atoms with E-state index in [4.69, 9.17) is 11.6 Å². The molecule has 0 saturated carbocycles. The van der Waals surface area contributed by atoms with Crippen LogP contribution in [0.5, 0.6) is 0 Å². The largest absolute Gasteiger partial charge is 0.273 e. The van der Waals surface area contributed by atoms with Crippen LogP contribution in [0.1, 0.15) is 5.56 Å². The monoisotopic (exact) mass is 346 g/mol. The minimum Gasteiger partial charge on any atom is -0.273 e. The number of aryl methyl sites for hydroxylation is 1. The minimum atomic E-state index is -0.862. The number of anilines is 2. The standard InChI is InChI=1S/C18H13ClF2N2O/c1-11-5-7-15-12(9-11)6-8-16(22-15)23(17(24)10-19)18-13(20)3-2-4-14(18)21/h2-9H,10H2,1H3. The molecule has 3 aromatic rings. The van der Waals surface area contributed by atoms with Crippen molar-refractivity contribution in [3.05, 3.63) is 65.7 Å². The molecule has 0 atom stereocenters. The zero-order valence-electron chi connectivity index (χ0n) is 12.8. The number of nitrogens with zero attached hydrogens (tertiary/aromatic N) is 2. The molecule has 0 aliphatic heterocycles. The van der Waals surface area contributed by atoms with Crippen LogP contribution in [0.25, 0.3) is 10.9 Å². The number of carbonyl (C=O) groups is 1. The summed E-state index contributed by atoms with van der Waals surface area (Å²) in [5.41, 5.74) is 1.19. The molecule has 1 amide bonds. The predicted octanol–water partition coefficient (Wildman–Crippen LogP) is 4.72. The number of rotatable bonds is 3. The summed E-state index contributed by atoms with van der Waals surface area (Å²) in [7, 11) is 0. The second-order valence-electron chi connectivity index (χ2n) is 5.30. The van der Waals surface area contributed by atoms with Gasteiger partial charge in [-0.3, -0.25) is 9.69 Å². The number of hydrogen-bond acceptors (Lipinski definition) is 2. The van der Waals surface area contributed by atoms with Gasteiger partial charge in [0.25, 0.3) is 0 Å². The molecule has 3 rings (SSSR count). The first kappa shape index (κ1) is 16.3. The fourth-order valence-electron chi connectivity index (χ4n) is 2.49. The van der Waals surface area contributed by atoms with Gasteiger partial charge in [0, 0.05) is 5.39 Å². The van der Waals surface area contributed by atoms with Gasteiger partial charge in [0.1, 0.15) is 29.0 Å². The van der Waals surface area contributed by atoms with Gasteiger partial charge in [0.2, 0.25) is 5.91 Å². The summed E-state index contributed by atoms with van der Waals surface area (Å²) in [5, 5.41) is 0.867. The van der Waals surface area contributed by atoms with Crippen LogP contribution >= 0.6 is 11.6 Å². The van der Waals surface area contributed by atoms with E-state index >= 15 is 0 Å². The van der Waals surface area contributed by atoms with Gasteiger partial charge in [0.05, 0.1) is 5.52 Å². The maximum Gasteiger partial charge on any atom is 0.247 e. The summed E-state index contributed by atoms with van der Waals surface area (Å²) in [6.07, 6.45) is 0. The molecule has 0 unspecified atom stereocenters. The van der Waals surface area contributed by atoms with Crippen molar-refractivity contribution in [3.63, 3.8) is 0 Å². The van der Waals surface area contributed by atoms with Crippen LogP contribution in [0, 0.1) is 18.6 Å². The molecule has 3 nitrogen and oxygen atoms in total. The fourth-order valence-corrected chi connectivity index (χ4v) is 2.61. The first-order valence-corrected chi connectivity index (χ1v) is 7.75. The smallest absolute Gasteiger partial charge is 0.247 e. The van der Waals surface area contributed by atoms with E-state index in [0.717, 1.165) is 28.0 Å². The van der Waals surface area contributed by atoms with Crippen molar-refractivity contribution >= 4 is 39.9 Å². The average Bonchev–Trinajstić information content (AvgIpc) is 2.57. The summed E-state index contributed by atoms with van der Waals surface area (Å²) in [4.78, 5) is 17.5. The predicted molar refractivity (Wildman–Crippen MR) is 90.7 cm³/mol. The van der Waals surface area contributed by atoms with Crippen molar-refractivity contribution in [2.24, 2.45) is 0 Å². The van der Waals surface area contributed by atoms with Gasteiger partial charge in [-0.2, -0.15) is 0 Å². The molecule has 122 valence electrons. The highest BCUT2D eigenvalue weighted by Crippen LogP contribution is 2.31. The second kappa shape index (κ2) is 6.53. The lowest BCUT2D eigenvalue weighted by atomic mass is 10.1. The molecule has 1 aromatic heterocycles. The number of hydrogen-bond donors (Lipinski definition) is 0. The van der Waals surface area contributed by atoms with Gasteiger partial charge >= 0.3 is 0 Å². The Labute approximate surface area is 142 Å². The van der Waals surface area contributed by atoms with Crippen molar-refractivity contribution in [2.45, 2.75) is 6.92 Å². The van der Waals surface area contributed by atoms with Crippen LogP contribution < -0.4 is 4.90 Å². The Morgan fingerprint density at radius 3 is 2.50 bits per heavy atom. The van der Waals surface area contributed by atoms with Crippen LogP contribution in [-0.4, -0.2) is 16.8 Å². The summed E-state index contributed by atoms with van der Waals surface area (Å²) in [6, 6.07) is 12.3. The number of halogens is 3. The average molecular weight is 347 g/mol. The number of para-hydroxylation sites is 1. The Kier molecular flexibility index (Phi) is 4.44. The molecular weight excluding hydrogens is 334 g/mol. The third-order valence-corrected chi connectivity index (χ3v) is 3.81.